The topological polar surface area (TPSA) is 64.1 Å². The van der Waals surface area contributed by atoms with Gasteiger partial charge in [0.15, 0.2) is 11.5 Å². The zero-order chi connectivity index (χ0) is 23.0. The molecule has 2 aromatic rings. The van der Waals surface area contributed by atoms with Crippen LogP contribution < -0.4 is 9.80 Å². The van der Waals surface area contributed by atoms with Crippen LogP contribution in [0.1, 0.15) is 31.0 Å². The summed E-state index contributed by atoms with van der Waals surface area (Å²) in [6.07, 6.45) is 0. The lowest BCUT2D eigenvalue weighted by molar-refractivity contribution is -0.119. The number of piperazine rings is 1. The fourth-order valence-electron chi connectivity index (χ4n) is 4.48. The number of carbonyl (C=O) groups excluding carboxylic acids is 2. The number of amides is 1. The minimum absolute atomic E-state index is 0.179. The average molecular weight is 434 g/mol. The number of nitrogens with zero attached hydrogens (tertiary/aromatic N) is 3. The van der Waals surface area contributed by atoms with E-state index in [2.05, 4.69) is 16.8 Å². The zero-order valence-electron chi connectivity index (χ0n) is 19.2. The first kappa shape index (κ1) is 22.1. The molecule has 1 atom stereocenters. The Kier molecular flexibility index (Phi) is 6.07. The van der Waals surface area contributed by atoms with E-state index in [-0.39, 0.29) is 17.3 Å². The Morgan fingerprint density at radius 3 is 2.22 bits per heavy atom. The Labute approximate surface area is 189 Å². The summed E-state index contributed by atoms with van der Waals surface area (Å²) in [5.74, 6) is -1.52. The lowest BCUT2D eigenvalue weighted by Crippen LogP contribution is -2.44. The summed E-state index contributed by atoms with van der Waals surface area (Å²) >= 11 is 0. The summed E-state index contributed by atoms with van der Waals surface area (Å²) in [7, 11) is 2.13. The molecule has 0 bridgehead atoms. The molecular weight excluding hydrogens is 402 g/mol. The van der Waals surface area contributed by atoms with Crippen molar-refractivity contribution in [1.29, 1.82) is 0 Å². The number of carbonyl (C=O) groups is 2. The molecule has 0 spiro atoms. The van der Waals surface area contributed by atoms with Crippen molar-refractivity contribution in [2.24, 2.45) is 5.92 Å². The van der Waals surface area contributed by atoms with Gasteiger partial charge in [-0.15, -0.1) is 0 Å². The lowest BCUT2D eigenvalue weighted by Gasteiger charge is -2.34. The minimum Gasteiger partial charge on any atom is -0.503 e. The first-order valence-corrected chi connectivity index (χ1v) is 11.2. The van der Waals surface area contributed by atoms with Crippen LogP contribution in [0.15, 0.2) is 59.9 Å². The van der Waals surface area contributed by atoms with Gasteiger partial charge in [0.25, 0.3) is 5.91 Å². The second-order valence-corrected chi connectivity index (χ2v) is 9.08. The molecule has 1 unspecified atom stereocenters. The third-order valence-corrected chi connectivity index (χ3v) is 6.35. The fourth-order valence-corrected chi connectivity index (χ4v) is 4.48. The van der Waals surface area contributed by atoms with Gasteiger partial charge in [0, 0.05) is 43.5 Å². The number of aliphatic hydroxyl groups is 1. The Bertz CT molecular complexity index is 1050. The predicted molar refractivity (Wildman–Crippen MR) is 127 cm³/mol. The van der Waals surface area contributed by atoms with Gasteiger partial charge in [-0.05, 0) is 43.8 Å². The Balaban J connectivity index is 1.72. The van der Waals surface area contributed by atoms with Crippen LogP contribution in [0.25, 0.3) is 0 Å². The van der Waals surface area contributed by atoms with Crippen LogP contribution in [0.5, 0.6) is 0 Å². The molecule has 0 aliphatic carbocycles. The number of ketones is 1. The zero-order valence-corrected chi connectivity index (χ0v) is 19.2. The van der Waals surface area contributed by atoms with Crippen LogP contribution in [-0.2, 0) is 9.59 Å². The second kappa shape index (κ2) is 8.79. The molecule has 2 aliphatic rings. The molecular formula is C26H31N3O3. The van der Waals surface area contributed by atoms with Crippen molar-refractivity contribution < 1.29 is 14.7 Å². The summed E-state index contributed by atoms with van der Waals surface area (Å²) in [5, 5.41) is 10.7. The molecule has 0 saturated carbocycles. The van der Waals surface area contributed by atoms with Gasteiger partial charge in [-0.1, -0.05) is 43.7 Å². The van der Waals surface area contributed by atoms with E-state index in [0.717, 1.165) is 43.0 Å². The molecule has 6 heteroatoms. The molecule has 0 aromatic heterocycles. The van der Waals surface area contributed by atoms with Crippen LogP contribution in [0.3, 0.4) is 0 Å². The summed E-state index contributed by atoms with van der Waals surface area (Å²) in [5.41, 5.74) is 3.80. The molecule has 2 heterocycles. The number of anilines is 2. The highest BCUT2D eigenvalue weighted by Gasteiger charge is 2.44. The van der Waals surface area contributed by atoms with E-state index < -0.39 is 17.7 Å². The second-order valence-electron chi connectivity index (χ2n) is 9.08. The fraction of sp³-hybridized carbons (Fsp3) is 0.385. The van der Waals surface area contributed by atoms with E-state index in [0.29, 0.717) is 5.69 Å². The Morgan fingerprint density at radius 1 is 1.00 bits per heavy atom. The van der Waals surface area contributed by atoms with E-state index in [1.54, 1.807) is 18.7 Å². The number of rotatable bonds is 5. The number of hydrogen-bond donors (Lipinski definition) is 1. The van der Waals surface area contributed by atoms with E-state index >= 15 is 0 Å². The molecule has 1 saturated heterocycles. The van der Waals surface area contributed by atoms with Gasteiger partial charge in [-0.2, -0.15) is 0 Å². The van der Waals surface area contributed by atoms with Crippen molar-refractivity contribution in [1.82, 2.24) is 4.90 Å². The van der Waals surface area contributed by atoms with E-state index in [4.69, 9.17) is 0 Å². The van der Waals surface area contributed by atoms with Crippen LogP contribution in [0.4, 0.5) is 11.4 Å². The highest BCUT2D eigenvalue weighted by molar-refractivity contribution is 6.16. The normalized spacial score (nSPS) is 19.9. The summed E-state index contributed by atoms with van der Waals surface area (Å²) in [4.78, 5) is 32.4. The molecule has 2 aromatic carbocycles. The molecule has 168 valence electrons. The maximum atomic E-state index is 13.2. The van der Waals surface area contributed by atoms with Gasteiger partial charge in [-0.3, -0.25) is 14.5 Å². The maximum absolute atomic E-state index is 13.2. The maximum Gasteiger partial charge on any atom is 0.294 e. The summed E-state index contributed by atoms with van der Waals surface area (Å²) in [6.45, 7) is 9.49. The predicted octanol–water partition coefficient (Wildman–Crippen LogP) is 3.87. The smallest absolute Gasteiger partial charge is 0.294 e. The van der Waals surface area contributed by atoms with Gasteiger partial charge in [0.1, 0.15) is 0 Å². The van der Waals surface area contributed by atoms with Gasteiger partial charge in [-0.25, -0.2) is 0 Å². The molecule has 6 nitrogen and oxygen atoms in total. The minimum atomic E-state index is -0.646. The van der Waals surface area contributed by atoms with Crippen LogP contribution >= 0.6 is 0 Å². The van der Waals surface area contributed by atoms with Crippen LogP contribution in [-0.4, -0.2) is 54.9 Å². The van der Waals surface area contributed by atoms with Gasteiger partial charge in [0.05, 0.1) is 11.6 Å². The van der Waals surface area contributed by atoms with E-state index in [1.165, 1.54) is 0 Å². The van der Waals surface area contributed by atoms with Crippen molar-refractivity contribution in [3.05, 3.63) is 71.0 Å². The highest BCUT2D eigenvalue weighted by atomic mass is 16.3. The first-order chi connectivity index (χ1) is 15.3. The third-order valence-electron chi connectivity index (χ3n) is 6.35. The van der Waals surface area contributed by atoms with Crippen LogP contribution in [0, 0.1) is 12.8 Å². The molecule has 32 heavy (non-hydrogen) atoms. The Hall–Kier alpha value is -3.12. The van der Waals surface area contributed by atoms with Gasteiger partial charge >= 0.3 is 0 Å². The SMILES string of the molecule is Cc1cccc(C2C(C(=O)C(C)C)=C(O)C(=O)N2c2ccc(N3CCN(C)CC3)cc2)c1. The van der Waals surface area contributed by atoms with Crippen LogP contribution in [0.2, 0.25) is 0 Å². The number of aryl methyl sites for hydroxylation is 1. The lowest BCUT2D eigenvalue weighted by atomic mass is 9.90. The molecule has 2 aliphatic heterocycles. The van der Waals surface area contributed by atoms with E-state index in [9.17, 15) is 14.7 Å². The summed E-state index contributed by atoms with van der Waals surface area (Å²) in [6, 6.07) is 15.0. The number of aliphatic hydroxyl groups excluding tert-OH is 1. The van der Waals surface area contributed by atoms with Crippen molar-refractivity contribution >= 4 is 23.1 Å². The van der Waals surface area contributed by atoms with Gasteiger partial charge < -0.3 is 14.9 Å². The average Bonchev–Trinajstić information content (AvgIpc) is 3.04. The number of hydrogen-bond acceptors (Lipinski definition) is 5. The van der Waals surface area contributed by atoms with Crippen molar-refractivity contribution in [2.45, 2.75) is 26.8 Å². The van der Waals surface area contributed by atoms with Crippen molar-refractivity contribution in [2.75, 3.05) is 43.0 Å². The highest BCUT2D eigenvalue weighted by Crippen LogP contribution is 2.42. The molecule has 0 radical (unpaired) electrons. The number of Topliss-reactive ketones (excluding diaryl/α,β-unsaturated/α-hetero) is 1. The first-order valence-electron chi connectivity index (χ1n) is 11.2. The largest absolute Gasteiger partial charge is 0.503 e. The van der Waals surface area contributed by atoms with Crippen molar-refractivity contribution in [3.63, 3.8) is 0 Å². The number of benzene rings is 2. The summed E-state index contributed by atoms with van der Waals surface area (Å²) < 4.78 is 0. The monoisotopic (exact) mass is 433 g/mol. The molecule has 1 fully saturated rings. The number of likely N-dealkylation sites (N-methyl/N-ethyl adjacent to an activating group) is 1. The van der Waals surface area contributed by atoms with Crippen molar-refractivity contribution in [3.8, 4) is 0 Å². The van der Waals surface area contributed by atoms with E-state index in [1.807, 2.05) is 55.5 Å². The molecule has 1 N–H and O–H groups in total. The molecule has 4 rings (SSSR count). The van der Waals surface area contributed by atoms with Gasteiger partial charge in [0.2, 0.25) is 0 Å². The third kappa shape index (κ3) is 4.02. The standard InChI is InChI=1S/C26H31N3O3/c1-17(2)24(30)22-23(19-7-5-6-18(3)16-19)29(26(32)25(22)31)21-10-8-20(9-11-21)28-14-12-27(4)13-15-28/h5-11,16-17,23,31H,12-15H2,1-4H3. The Morgan fingerprint density at radius 2 is 1.62 bits per heavy atom. The molecule has 1 amide bonds. The quantitative estimate of drug-likeness (QED) is 0.776.